The molecule has 9 aromatic carbocycles. The highest BCUT2D eigenvalue weighted by molar-refractivity contribution is 7.25. The predicted octanol–water partition coefficient (Wildman–Crippen LogP) is 14.9. The molecule has 1 spiro atoms. The lowest BCUT2D eigenvalue weighted by atomic mass is 9.70. The molecule has 2 heterocycles. The number of hydrogen-bond donors (Lipinski definition) is 0. The average molecular weight is 806 g/mol. The van der Waals surface area contributed by atoms with Gasteiger partial charge < -0.3 is 0 Å². The molecule has 13 rings (SSSR count). The molecule has 4 heteroatoms. The summed E-state index contributed by atoms with van der Waals surface area (Å²) in [6.45, 7) is 0. The first-order chi connectivity index (χ1) is 30.7. The van der Waals surface area contributed by atoms with Gasteiger partial charge in [-0.05, 0) is 91.0 Å². The molecule has 0 radical (unpaired) electrons. The molecule has 2 aromatic heterocycles. The molecule has 0 aliphatic heterocycles. The van der Waals surface area contributed by atoms with Gasteiger partial charge in [-0.3, -0.25) is 0 Å². The summed E-state index contributed by atoms with van der Waals surface area (Å²) < 4.78 is 2.49. The highest BCUT2D eigenvalue weighted by Gasteiger charge is 2.51. The maximum atomic E-state index is 5.24. The Morgan fingerprint density at radius 1 is 0.274 bits per heavy atom. The minimum absolute atomic E-state index is 0.357. The smallest absolute Gasteiger partial charge is 0.164 e. The van der Waals surface area contributed by atoms with Gasteiger partial charge in [0.15, 0.2) is 17.5 Å². The van der Waals surface area contributed by atoms with Gasteiger partial charge in [0.1, 0.15) is 0 Å². The number of aromatic nitrogens is 3. The maximum absolute atomic E-state index is 5.24. The van der Waals surface area contributed by atoms with Crippen LogP contribution in [0.2, 0.25) is 0 Å². The Bertz CT molecular complexity index is 3560. The molecule has 0 unspecified atom stereocenters. The summed E-state index contributed by atoms with van der Waals surface area (Å²) in [4.78, 5) is 15.5. The third-order valence-corrected chi connectivity index (χ3v) is 14.1. The van der Waals surface area contributed by atoms with E-state index in [0.717, 1.165) is 33.4 Å². The Kier molecular flexibility index (Phi) is 7.69. The van der Waals surface area contributed by atoms with Crippen LogP contribution in [0.5, 0.6) is 0 Å². The van der Waals surface area contributed by atoms with Crippen molar-refractivity contribution in [1.29, 1.82) is 0 Å². The van der Waals surface area contributed by atoms with Crippen molar-refractivity contribution in [1.82, 2.24) is 15.0 Å². The van der Waals surface area contributed by atoms with Gasteiger partial charge in [-0.25, -0.2) is 15.0 Å². The number of nitrogens with zero attached hydrogens (tertiary/aromatic N) is 3. The molecule has 0 bridgehead atoms. The number of hydrogen-bond acceptors (Lipinski definition) is 4. The Hall–Kier alpha value is -7.79. The summed E-state index contributed by atoms with van der Waals surface area (Å²) in [6.07, 6.45) is 0. The third kappa shape index (κ3) is 5.14. The van der Waals surface area contributed by atoms with E-state index >= 15 is 0 Å². The first-order valence-electron chi connectivity index (χ1n) is 21.1. The van der Waals surface area contributed by atoms with Crippen LogP contribution in [0, 0.1) is 0 Å². The molecule has 11 aromatic rings. The molecule has 0 saturated carbocycles. The van der Waals surface area contributed by atoms with Crippen LogP contribution in [-0.2, 0) is 5.41 Å². The molecule has 0 atom stereocenters. The molecule has 62 heavy (non-hydrogen) atoms. The Labute approximate surface area is 363 Å². The molecule has 3 nitrogen and oxygen atoms in total. The summed E-state index contributed by atoms with van der Waals surface area (Å²) in [5, 5.41) is 2.52. The Balaban J connectivity index is 0.937. The maximum Gasteiger partial charge on any atom is 0.164 e. The van der Waals surface area contributed by atoms with Gasteiger partial charge in [0.2, 0.25) is 0 Å². The molecular weight excluding hydrogens is 771 g/mol. The van der Waals surface area contributed by atoms with Crippen molar-refractivity contribution in [2.75, 3.05) is 0 Å². The van der Waals surface area contributed by atoms with Crippen LogP contribution in [0.15, 0.2) is 212 Å². The zero-order chi connectivity index (χ0) is 40.8. The van der Waals surface area contributed by atoms with E-state index in [-0.39, 0.29) is 5.41 Å². The van der Waals surface area contributed by atoms with Crippen molar-refractivity contribution < 1.29 is 0 Å². The predicted molar refractivity (Wildman–Crippen MR) is 256 cm³/mol. The van der Waals surface area contributed by atoms with Crippen molar-refractivity contribution >= 4 is 31.5 Å². The van der Waals surface area contributed by atoms with Crippen molar-refractivity contribution in [3.8, 4) is 78.7 Å². The standard InChI is InChI=1S/C58H35N3S/c1-2-15-36(16-3-1)55-59-56(40-29-31-46-45-23-9-13-28-53(45)62-54(46)35-40)61-57(60-55)47-24-5-4-19-41(47)39-18-14-17-37(33-39)38-30-32-52-48(34-38)44-22-8-12-27-51(44)58(52)49-25-10-6-20-42(49)43-21-7-11-26-50(43)58/h1-35H. The largest absolute Gasteiger partial charge is 0.208 e. The Morgan fingerprint density at radius 2 is 0.774 bits per heavy atom. The summed E-state index contributed by atoms with van der Waals surface area (Å²) in [6, 6.07) is 76.8. The minimum Gasteiger partial charge on any atom is -0.208 e. The van der Waals surface area contributed by atoms with E-state index in [9.17, 15) is 0 Å². The molecule has 0 amide bonds. The monoisotopic (exact) mass is 805 g/mol. The zero-order valence-electron chi connectivity index (χ0n) is 33.5. The van der Waals surface area contributed by atoms with Crippen LogP contribution in [0.4, 0.5) is 0 Å². The first-order valence-corrected chi connectivity index (χ1v) is 21.9. The van der Waals surface area contributed by atoms with E-state index in [1.54, 1.807) is 11.3 Å². The summed E-state index contributed by atoms with van der Waals surface area (Å²) >= 11 is 1.80. The van der Waals surface area contributed by atoms with Gasteiger partial charge in [0, 0.05) is 36.9 Å². The molecule has 2 aliphatic carbocycles. The molecule has 0 saturated heterocycles. The van der Waals surface area contributed by atoms with Crippen LogP contribution in [0.25, 0.3) is 98.8 Å². The van der Waals surface area contributed by atoms with Gasteiger partial charge in [0.25, 0.3) is 0 Å². The Morgan fingerprint density at radius 3 is 1.52 bits per heavy atom. The fourth-order valence-corrected chi connectivity index (χ4v) is 11.4. The van der Waals surface area contributed by atoms with Crippen molar-refractivity contribution in [2.24, 2.45) is 0 Å². The number of thiophene rings is 1. The van der Waals surface area contributed by atoms with E-state index in [2.05, 4.69) is 194 Å². The lowest BCUT2D eigenvalue weighted by Gasteiger charge is -2.30. The summed E-state index contributed by atoms with van der Waals surface area (Å²) in [5.74, 6) is 1.94. The molecule has 0 N–H and O–H groups in total. The van der Waals surface area contributed by atoms with Gasteiger partial charge in [0.05, 0.1) is 5.41 Å². The van der Waals surface area contributed by atoms with E-state index in [4.69, 9.17) is 15.0 Å². The van der Waals surface area contributed by atoms with Gasteiger partial charge in [-0.15, -0.1) is 11.3 Å². The SMILES string of the molecule is c1ccc(-c2nc(-c3ccc4c(c3)sc3ccccc34)nc(-c3ccccc3-c3cccc(-c4ccc5c(c4)-c4ccccc4C54c5ccccc5-c5ccccc54)c3)n2)cc1. The number of benzene rings is 9. The first kappa shape index (κ1) is 35.0. The van der Waals surface area contributed by atoms with Crippen LogP contribution in [-0.4, -0.2) is 15.0 Å². The van der Waals surface area contributed by atoms with Crippen LogP contribution in [0.3, 0.4) is 0 Å². The quantitative estimate of drug-likeness (QED) is 0.174. The summed E-state index contributed by atoms with van der Waals surface area (Å²) in [5.41, 5.74) is 17.6. The lowest BCUT2D eigenvalue weighted by molar-refractivity contribution is 0.794. The van der Waals surface area contributed by atoms with Crippen molar-refractivity contribution in [2.45, 2.75) is 5.41 Å². The highest BCUT2D eigenvalue weighted by Crippen LogP contribution is 2.63. The topological polar surface area (TPSA) is 38.7 Å². The van der Waals surface area contributed by atoms with Crippen LogP contribution < -0.4 is 0 Å². The summed E-state index contributed by atoms with van der Waals surface area (Å²) in [7, 11) is 0. The van der Waals surface area contributed by atoms with Crippen LogP contribution in [0.1, 0.15) is 22.3 Å². The second-order valence-electron chi connectivity index (χ2n) is 16.3. The zero-order valence-corrected chi connectivity index (χ0v) is 34.3. The van der Waals surface area contributed by atoms with E-state index < -0.39 is 0 Å². The fourth-order valence-electron chi connectivity index (χ4n) is 10.3. The average Bonchev–Trinajstić information content (AvgIpc) is 3.98. The van der Waals surface area contributed by atoms with Gasteiger partial charge in [-0.2, -0.15) is 0 Å². The van der Waals surface area contributed by atoms with E-state index in [0.29, 0.717) is 17.5 Å². The fraction of sp³-hybridized carbons (Fsp3) is 0.0172. The van der Waals surface area contributed by atoms with Gasteiger partial charge >= 0.3 is 0 Å². The van der Waals surface area contributed by atoms with Crippen molar-refractivity contribution in [3.63, 3.8) is 0 Å². The van der Waals surface area contributed by atoms with E-state index in [1.165, 1.54) is 70.2 Å². The lowest BCUT2D eigenvalue weighted by Crippen LogP contribution is -2.25. The number of fused-ring (bicyclic) bond motifs is 13. The van der Waals surface area contributed by atoms with E-state index in [1.807, 2.05) is 18.2 Å². The third-order valence-electron chi connectivity index (χ3n) is 13.0. The van der Waals surface area contributed by atoms with Gasteiger partial charge in [-0.1, -0.05) is 188 Å². The highest BCUT2D eigenvalue weighted by atomic mass is 32.1. The second kappa shape index (κ2) is 13.6. The number of rotatable bonds is 5. The minimum atomic E-state index is -0.357. The second-order valence-corrected chi connectivity index (χ2v) is 17.3. The normalized spacial score (nSPS) is 13.0. The van der Waals surface area contributed by atoms with Crippen LogP contribution >= 0.6 is 11.3 Å². The molecule has 288 valence electrons. The molecular formula is C58H35N3S. The van der Waals surface area contributed by atoms with Crippen molar-refractivity contribution in [3.05, 3.63) is 235 Å². The molecule has 0 fully saturated rings. The molecule has 2 aliphatic rings.